The van der Waals surface area contributed by atoms with Gasteiger partial charge in [-0.15, -0.1) is 0 Å². The molecule has 1 aliphatic heterocycles. The topological polar surface area (TPSA) is 121 Å². The lowest BCUT2D eigenvalue weighted by atomic mass is 10.0. The summed E-state index contributed by atoms with van der Waals surface area (Å²) in [6.07, 6.45) is 1.44. The molecule has 1 aliphatic carbocycles. The molecule has 2 aliphatic rings. The zero-order chi connectivity index (χ0) is 31.4. The number of carbonyl (C=O) groups excluding carboxylic acids is 1. The second kappa shape index (κ2) is 11.5. The molecule has 3 N–H and O–H groups in total. The average Bonchev–Trinajstić information content (AvgIpc) is 3.72. The Kier molecular flexibility index (Phi) is 7.45. The van der Waals surface area contributed by atoms with Crippen LogP contribution < -0.4 is 15.2 Å². The number of aliphatic hydroxyl groups is 1. The van der Waals surface area contributed by atoms with Crippen molar-refractivity contribution in [2.75, 3.05) is 27.3 Å². The van der Waals surface area contributed by atoms with Crippen LogP contribution in [0.15, 0.2) is 48.5 Å². The second-order valence-electron chi connectivity index (χ2n) is 12.2. The van der Waals surface area contributed by atoms with Crippen molar-refractivity contribution in [2.45, 2.75) is 44.6 Å². The van der Waals surface area contributed by atoms with Crippen molar-refractivity contribution < 1.29 is 23.8 Å². The number of nitrogens with two attached hydrogens (primary N) is 1. The van der Waals surface area contributed by atoms with Crippen molar-refractivity contribution in [3.8, 4) is 34.3 Å². The minimum absolute atomic E-state index is 0.0228. The molecule has 0 radical (unpaired) electrons. The van der Waals surface area contributed by atoms with Crippen LogP contribution in [0.1, 0.15) is 35.2 Å². The molecule has 45 heavy (non-hydrogen) atoms. The fourth-order valence-corrected chi connectivity index (χ4v) is 6.49. The van der Waals surface area contributed by atoms with Gasteiger partial charge in [0.1, 0.15) is 28.8 Å². The molecule has 10 nitrogen and oxygen atoms in total. The Morgan fingerprint density at radius 2 is 1.84 bits per heavy atom. The normalized spacial score (nSPS) is 18.6. The number of benzene rings is 2. The van der Waals surface area contributed by atoms with Gasteiger partial charge < -0.3 is 34.3 Å². The van der Waals surface area contributed by atoms with E-state index in [1.54, 1.807) is 26.4 Å². The summed E-state index contributed by atoms with van der Waals surface area (Å²) in [5.74, 6) is 2.14. The van der Waals surface area contributed by atoms with Gasteiger partial charge in [0.05, 0.1) is 44.3 Å². The first-order valence-corrected chi connectivity index (χ1v) is 15.3. The summed E-state index contributed by atoms with van der Waals surface area (Å²) in [6.45, 7) is 1.04. The molecule has 2 aromatic carbocycles. The Morgan fingerprint density at radius 1 is 1.04 bits per heavy atom. The zero-order valence-electron chi connectivity index (χ0n) is 25.7. The van der Waals surface area contributed by atoms with Crippen molar-refractivity contribution in [3.63, 3.8) is 0 Å². The van der Waals surface area contributed by atoms with Gasteiger partial charge in [-0.1, -0.05) is 12.1 Å². The lowest BCUT2D eigenvalue weighted by Crippen LogP contribution is -2.50. The number of likely N-dealkylation sites (tertiary alicyclic amines) is 1. The molecule has 11 heteroatoms. The smallest absolute Gasteiger partial charge is 0.254 e. The van der Waals surface area contributed by atoms with E-state index in [0.717, 1.165) is 51.4 Å². The van der Waals surface area contributed by atoms with Crippen molar-refractivity contribution in [1.29, 1.82) is 0 Å². The van der Waals surface area contributed by atoms with Gasteiger partial charge in [-0.3, -0.25) is 4.79 Å². The molecule has 2 atom stereocenters. The summed E-state index contributed by atoms with van der Waals surface area (Å²) < 4.78 is 29.8. The Bertz CT molecular complexity index is 1920. The summed E-state index contributed by atoms with van der Waals surface area (Å²) in [6, 6.07) is 14.9. The van der Waals surface area contributed by atoms with Gasteiger partial charge in [-0.05, 0) is 61.6 Å². The lowest BCUT2D eigenvalue weighted by Gasteiger charge is -2.33. The number of piperidine rings is 1. The molecule has 5 aromatic rings. The van der Waals surface area contributed by atoms with E-state index in [1.807, 2.05) is 35.9 Å². The fourth-order valence-electron chi connectivity index (χ4n) is 6.49. The highest BCUT2D eigenvalue weighted by Gasteiger charge is 2.30. The van der Waals surface area contributed by atoms with Crippen LogP contribution in [0.5, 0.6) is 11.5 Å². The molecule has 0 bridgehead atoms. The largest absolute Gasteiger partial charge is 0.496 e. The minimum Gasteiger partial charge on any atom is -0.496 e. The maximum atomic E-state index is 14.3. The predicted octanol–water partition coefficient (Wildman–Crippen LogP) is 4.69. The van der Waals surface area contributed by atoms with Crippen LogP contribution >= 0.6 is 0 Å². The number of rotatable bonds is 8. The van der Waals surface area contributed by atoms with Crippen molar-refractivity contribution in [2.24, 2.45) is 18.7 Å². The van der Waals surface area contributed by atoms with Gasteiger partial charge in [0.2, 0.25) is 0 Å². The maximum absolute atomic E-state index is 14.3. The van der Waals surface area contributed by atoms with E-state index in [1.165, 1.54) is 17.7 Å². The molecule has 7 rings (SSSR count). The third kappa shape index (κ3) is 5.29. The molecular formula is C34H37FN6O4. The van der Waals surface area contributed by atoms with Crippen LogP contribution in [0.3, 0.4) is 0 Å². The summed E-state index contributed by atoms with van der Waals surface area (Å²) in [7, 11) is 5.11. The van der Waals surface area contributed by atoms with E-state index in [2.05, 4.69) is 16.7 Å². The number of nitrogens with zero attached hydrogens (tertiary/aromatic N) is 5. The van der Waals surface area contributed by atoms with Gasteiger partial charge in [0.25, 0.3) is 5.91 Å². The Balaban J connectivity index is 1.33. The van der Waals surface area contributed by atoms with Gasteiger partial charge in [0, 0.05) is 48.3 Å². The van der Waals surface area contributed by atoms with Crippen LogP contribution in [-0.2, 0) is 20.2 Å². The summed E-state index contributed by atoms with van der Waals surface area (Å²) in [4.78, 5) is 25.1. The zero-order valence-corrected chi connectivity index (χ0v) is 25.7. The molecule has 1 saturated carbocycles. The fraction of sp³-hybridized carbons (Fsp3) is 0.382. The molecule has 234 valence electrons. The number of halogens is 1. The van der Waals surface area contributed by atoms with E-state index < -0.39 is 12.2 Å². The van der Waals surface area contributed by atoms with Crippen LogP contribution in [0.25, 0.3) is 44.8 Å². The number of fused-ring (bicyclic) bond motifs is 2. The number of methoxy groups -OCH3 is 2. The number of ether oxygens (including phenoxy) is 2. The second-order valence-corrected chi connectivity index (χ2v) is 12.2. The van der Waals surface area contributed by atoms with Crippen molar-refractivity contribution in [3.05, 3.63) is 59.7 Å². The molecule has 2 fully saturated rings. The van der Waals surface area contributed by atoms with Gasteiger partial charge in [0.15, 0.2) is 5.82 Å². The van der Waals surface area contributed by atoms with E-state index >= 15 is 0 Å². The van der Waals surface area contributed by atoms with Gasteiger partial charge in [-0.2, -0.15) is 0 Å². The molecule has 4 heterocycles. The number of carbonyl (C=O) groups is 1. The van der Waals surface area contributed by atoms with Crippen LogP contribution in [0.4, 0.5) is 4.39 Å². The Labute approximate surface area is 260 Å². The monoisotopic (exact) mass is 612 g/mol. The quantitative estimate of drug-likeness (QED) is 0.261. The third-order valence-corrected chi connectivity index (χ3v) is 8.98. The average molecular weight is 613 g/mol. The van der Waals surface area contributed by atoms with Gasteiger partial charge in [-0.25, -0.2) is 14.4 Å². The number of imidazole rings is 1. The third-order valence-electron chi connectivity index (χ3n) is 8.98. The molecule has 0 spiro atoms. The van der Waals surface area contributed by atoms with Crippen LogP contribution in [-0.4, -0.2) is 74.5 Å². The summed E-state index contributed by atoms with van der Waals surface area (Å²) in [5, 5.41) is 10.7. The first-order valence-electron chi connectivity index (χ1n) is 15.3. The molecular weight excluding hydrogens is 575 g/mol. The summed E-state index contributed by atoms with van der Waals surface area (Å²) in [5.41, 5.74) is 12.0. The lowest BCUT2D eigenvalue weighted by molar-refractivity contribution is 0.0606. The van der Waals surface area contributed by atoms with Crippen molar-refractivity contribution >= 4 is 28.0 Å². The highest BCUT2D eigenvalue weighted by Crippen LogP contribution is 2.38. The highest BCUT2D eigenvalue weighted by atomic mass is 19.1. The number of hydrogen-bond donors (Lipinski definition) is 2. The molecule has 3 aromatic heterocycles. The number of aryl methyl sites for hydroxylation is 1. The number of aromatic nitrogens is 4. The number of pyridine rings is 1. The molecule has 1 amide bonds. The van der Waals surface area contributed by atoms with E-state index in [-0.39, 0.29) is 25.5 Å². The number of aliphatic hydroxyl groups excluding tert-OH is 1. The number of alkyl halides is 1. The first kappa shape index (κ1) is 29.2. The Hall–Kier alpha value is -4.48. The molecule has 1 saturated heterocycles. The van der Waals surface area contributed by atoms with Crippen LogP contribution in [0, 0.1) is 5.92 Å². The number of amides is 1. The SMILES string of the molecule is COc1cc(-c2ccc3cc(-c4nc5cc(C(=O)N6C[C@H](N)C[C@@H](F)C6)cc(OC)c5n4C)n(CC4CC4)c3n2)ccc1CO. The standard InChI is InChI=1S/C34H37FN6O4/c1-39-31-27(10-23(13-30(31)45-3)34(43)40-16-24(35)14-25(36)17-40)38-33(39)28-11-21-8-9-26(37-32(21)41(28)15-19-4-5-19)20-6-7-22(18-42)29(12-20)44-2/h6-13,19,24-25,42H,4-5,14-18,36H2,1-3H3/t24-,25-/m1/s1. The first-order chi connectivity index (χ1) is 21.8. The minimum atomic E-state index is -1.14. The van der Waals surface area contributed by atoms with Gasteiger partial charge >= 0.3 is 0 Å². The van der Waals surface area contributed by atoms with Crippen LogP contribution in [0.2, 0.25) is 0 Å². The highest BCUT2D eigenvalue weighted by molar-refractivity contribution is 6.00. The predicted molar refractivity (Wildman–Crippen MR) is 170 cm³/mol. The van der Waals surface area contributed by atoms with E-state index in [4.69, 9.17) is 25.2 Å². The van der Waals surface area contributed by atoms with Crippen molar-refractivity contribution in [1.82, 2.24) is 24.0 Å². The summed E-state index contributed by atoms with van der Waals surface area (Å²) >= 11 is 0. The maximum Gasteiger partial charge on any atom is 0.254 e. The van der Waals surface area contributed by atoms with E-state index in [9.17, 15) is 14.3 Å². The van der Waals surface area contributed by atoms with E-state index in [0.29, 0.717) is 35.0 Å². The number of hydrogen-bond acceptors (Lipinski definition) is 7. The molecule has 0 unspecified atom stereocenters. The Morgan fingerprint density at radius 3 is 2.56 bits per heavy atom.